The van der Waals surface area contributed by atoms with Crippen molar-refractivity contribution in [2.45, 2.75) is 38.6 Å². The molecule has 0 aliphatic carbocycles. The van der Waals surface area contributed by atoms with Gasteiger partial charge in [0.15, 0.2) is 0 Å². The molecular weight excluding hydrogens is 256 g/mol. The Morgan fingerprint density at radius 1 is 1.35 bits per heavy atom. The lowest BCUT2D eigenvalue weighted by atomic mass is 10.0. The molecule has 1 rings (SSSR count). The molecule has 6 heteroatoms. The molecule has 2 amide bonds. The second-order valence-corrected chi connectivity index (χ2v) is 5.56. The van der Waals surface area contributed by atoms with Crippen molar-refractivity contribution in [3.8, 4) is 0 Å². The van der Waals surface area contributed by atoms with Gasteiger partial charge in [0.2, 0.25) is 11.8 Å². The van der Waals surface area contributed by atoms with Crippen LogP contribution in [0.1, 0.15) is 32.6 Å². The molecule has 0 aromatic heterocycles. The Labute approximate surface area is 121 Å². The van der Waals surface area contributed by atoms with Gasteiger partial charge in [0.25, 0.3) is 0 Å². The van der Waals surface area contributed by atoms with Gasteiger partial charge in [0.05, 0.1) is 6.54 Å². The Morgan fingerprint density at radius 3 is 2.55 bits per heavy atom. The van der Waals surface area contributed by atoms with Crippen LogP contribution in [0.3, 0.4) is 0 Å². The molecule has 1 heterocycles. The zero-order valence-corrected chi connectivity index (χ0v) is 12.7. The van der Waals surface area contributed by atoms with E-state index in [0.717, 1.165) is 38.8 Å². The number of nitrogens with zero attached hydrogens (tertiary/aromatic N) is 1. The Morgan fingerprint density at radius 2 is 2.00 bits per heavy atom. The van der Waals surface area contributed by atoms with Crippen LogP contribution in [0.2, 0.25) is 0 Å². The highest BCUT2D eigenvalue weighted by molar-refractivity contribution is 5.78. The van der Waals surface area contributed by atoms with E-state index in [9.17, 15) is 9.59 Å². The largest absolute Gasteiger partial charge is 0.358 e. The number of hydrogen-bond acceptors (Lipinski definition) is 4. The van der Waals surface area contributed by atoms with E-state index in [1.165, 1.54) is 0 Å². The molecule has 20 heavy (non-hydrogen) atoms. The minimum Gasteiger partial charge on any atom is -0.358 e. The summed E-state index contributed by atoms with van der Waals surface area (Å²) in [7, 11) is 1.65. The minimum atomic E-state index is 0.0300. The number of likely N-dealkylation sites (tertiary alicyclic amines) is 1. The molecule has 0 radical (unpaired) electrons. The Balaban J connectivity index is 2.24. The predicted molar refractivity (Wildman–Crippen MR) is 79.1 cm³/mol. The molecule has 0 aromatic carbocycles. The Kier molecular flexibility index (Phi) is 7.54. The second kappa shape index (κ2) is 8.92. The van der Waals surface area contributed by atoms with Gasteiger partial charge in [-0.15, -0.1) is 0 Å². The lowest BCUT2D eigenvalue weighted by Gasteiger charge is -2.32. The van der Waals surface area contributed by atoms with Crippen LogP contribution in [0.25, 0.3) is 0 Å². The van der Waals surface area contributed by atoms with Crippen molar-refractivity contribution in [2.75, 3.05) is 33.2 Å². The fraction of sp³-hybridized carbons (Fsp3) is 0.857. The zero-order chi connectivity index (χ0) is 15.0. The van der Waals surface area contributed by atoms with E-state index in [0.29, 0.717) is 13.1 Å². The molecule has 1 atom stereocenters. The van der Waals surface area contributed by atoms with E-state index in [-0.39, 0.29) is 23.8 Å². The van der Waals surface area contributed by atoms with Crippen LogP contribution in [0.4, 0.5) is 0 Å². The lowest BCUT2D eigenvalue weighted by Crippen LogP contribution is -2.48. The van der Waals surface area contributed by atoms with E-state index in [2.05, 4.69) is 15.5 Å². The maximum Gasteiger partial charge on any atom is 0.233 e. The molecular formula is C14H28N4O2. The van der Waals surface area contributed by atoms with Gasteiger partial charge in [-0.2, -0.15) is 0 Å². The van der Waals surface area contributed by atoms with Gasteiger partial charge in [-0.1, -0.05) is 6.92 Å². The number of carbonyl (C=O) groups excluding carboxylic acids is 2. The summed E-state index contributed by atoms with van der Waals surface area (Å²) in [4.78, 5) is 25.4. The van der Waals surface area contributed by atoms with E-state index < -0.39 is 0 Å². The molecule has 1 aliphatic heterocycles. The van der Waals surface area contributed by atoms with E-state index in [1.54, 1.807) is 7.05 Å². The first kappa shape index (κ1) is 16.9. The molecule has 6 nitrogen and oxygen atoms in total. The fourth-order valence-electron chi connectivity index (χ4n) is 2.42. The van der Waals surface area contributed by atoms with Gasteiger partial charge in [-0.05, 0) is 32.2 Å². The number of rotatable bonds is 7. The second-order valence-electron chi connectivity index (χ2n) is 5.56. The summed E-state index contributed by atoms with van der Waals surface area (Å²) in [6.45, 7) is 4.75. The number of likely N-dealkylation sites (N-methyl/N-ethyl adjacent to an activating group) is 1. The van der Waals surface area contributed by atoms with Crippen LogP contribution >= 0.6 is 0 Å². The van der Waals surface area contributed by atoms with Crippen molar-refractivity contribution >= 4 is 11.8 Å². The average molecular weight is 284 g/mol. The number of nitrogens with one attached hydrogen (secondary N) is 2. The fourth-order valence-corrected chi connectivity index (χ4v) is 2.42. The zero-order valence-electron chi connectivity index (χ0n) is 12.7. The molecule has 0 bridgehead atoms. The maximum absolute atomic E-state index is 12.0. The van der Waals surface area contributed by atoms with Crippen molar-refractivity contribution in [2.24, 2.45) is 11.7 Å². The summed E-state index contributed by atoms with van der Waals surface area (Å²) in [5.74, 6) is 0.202. The summed E-state index contributed by atoms with van der Waals surface area (Å²) < 4.78 is 0. The summed E-state index contributed by atoms with van der Waals surface area (Å²) in [6, 6.07) is 0.240. The Hall–Kier alpha value is -1.14. The monoisotopic (exact) mass is 284 g/mol. The highest BCUT2D eigenvalue weighted by Crippen LogP contribution is 2.12. The van der Waals surface area contributed by atoms with Gasteiger partial charge in [0.1, 0.15) is 0 Å². The van der Waals surface area contributed by atoms with Gasteiger partial charge < -0.3 is 16.4 Å². The molecule has 1 fully saturated rings. The van der Waals surface area contributed by atoms with E-state index in [4.69, 9.17) is 5.73 Å². The topological polar surface area (TPSA) is 87.5 Å². The highest BCUT2D eigenvalue weighted by atomic mass is 16.2. The van der Waals surface area contributed by atoms with Gasteiger partial charge in [-0.3, -0.25) is 14.5 Å². The first-order valence-corrected chi connectivity index (χ1v) is 7.50. The number of hydrogen-bond donors (Lipinski definition) is 3. The third kappa shape index (κ3) is 5.88. The Bertz CT molecular complexity index is 314. The van der Waals surface area contributed by atoms with Crippen LogP contribution in [-0.2, 0) is 9.59 Å². The van der Waals surface area contributed by atoms with E-state index in [1.807, 2.05) is 6.92 Å². The van der Waals surface area contributed by atoms with Gasteiger partial charge in [-0.25, -0.2) is 0 Å². The summed E-state index contributed by atoms with van der Waals surface area (Å²) >= 11 is 0. The average Bonchev–Trinajstić information content (AvgIpc) is 2.46. The molecule has 0 spiro atoms. The first-order valence-electron chi connectivity index (χ1n) is 7.50. The lowest BCUT2D eigenvalue weighted by molar-refractivity contribution is -0.126. The van der Waals surface area contributed by atoms with Gasteiger partial charge in [0, 0.05) is 32.1 Å². The van der Waals surface area contributed by atoms with Crippen molar-refractivity contribution in [3.63, 3.8) is 0 Å². The SMILES string of the molecule is CNC(=O)CN1CCC(NC(=O)C(C)CCCN)CC1. The van der Waals surface area contributed by atoms with Crippen LogP contribution in [0.5, 0.6) is 0 Å². The molecule has 4 N–H and O–H groups in total. The number of amides is 2. The number of nitrogens with two attached hydrogens (primary N) is 1. The summed E-state index contributed by atoms with van der Waals surface area (Å²) in [5.41, 5.74) is 5.46. The molecule has 1 unspecified atom stereocenters. The highest BCUT2D eigenvalue weighted by Gasteiger charge is 2.23. The van der Waals surface area contributed by atoms with E-state index >= 15 is 0 Å². The van der Waals surface area contributed by atoms with Crippen LogP contribution in [0.15, 0.2) is 0 Å². The first-order chi connectivity index (χ1) is 9.56. The van der Waals surface area contributed by atoms with Crippen LogP contribution in [-0.4, -0.2) is 56.0 Å². The summed E-state index contributed by atoms with van der Waals surface area (Å²) in [5, 5.41) is 5.74. The predicted octanol–water partition coefficient (Wildman–Crippen LogP) is -0.312. The quantitative estimate of drug-likeness (QED) is 0.598. The number of carbonyl (C=O) groups is 2. The van der Waals surface area contributed by atoms with Gasteiger partial charge >= 0.3 is 0 Å². The van der Waals surface area contributed by atoms with Crippen LogP contribution in [0, 0.1) is 5.92 Å². The van der Waals surface area contributed by atoms with Crippen molar-refractivity contribution in [1.29, 1.82) is 0 Å². The van der Waals surface area contributed by atoms with Crippen LogP contribution < -0.4 is 16.4 Å². The molecule has 1 saturated heterocycles. The third-order valence-corrected chi connectivity index (χ3v) is 3.87. The summed E-state index contributed by atoms with van der Waals surface area (Å²) in [6.07, 6.45) is 3.55. The molecule has 0 aromatic rings. The third-order valence-electron chi connectivity index (χ3n) is 3.87. The standard InChI is InChI=1S/C14H28N4O2/c1-11(4-3-7-15)14(20)17-12-5-8-18(9-6-12)10-13(19)16-2/h11-12H,3-10,15H2,1-2H3,(H,16,19)(H,17,20). The van der Waals surface area contributed by atoms with Crippen molar-refractivity contribution < 1.29 is 9.59 Å². The smallest absolute Gasteiger partial charge is 0.233 e. The molecule has 116 valence electrons. The molecule has 0 saturated carbocycles. The minimum absolute atomic E-state index is 0.0300. The normalized spacial score (nSPS) is 18.6. The van der Waals surface area contributed by atoms with Crippen molar-refractivity contribution in [1.82, 2.24) is 15.5 Å². The maximum atomic E-state index is 12.0. The van der Waals surface area contributed by atoms with Crippen molar-refractivity contribution in [3.05, 3.63) is 0 Å². The molecule has 1 aliphatic rings. The number of piperidine rings is 1.